The molecule has 3 rings (SSSR count). The molecule has 29 heavy (non-hydrogen) atoms. The van der Waals surface area contributed by atoms with Crippen molar-refractivity contribution in [1.82, 2.24) is 20.4 Å². The van der Waals surface area contributed by atoms with E-state index in [-0.39, 0.29) is 0 Å². The summed E-state index contributed by atoms with van der Waals surface area (Å²) in [7, 11) is 1.68. The second-order valence-corrected chi connectivity index (χ2v) is 6.74. The van der Waals surface area contributed by atoms with E-state index in [4.69, 9.17) is 9.26 Å². The molecule has 1 aliphatic heterocycles. The Morgan fingerprint density at radius 1 is 1.38 bits per heavy atom. The number of rotatable bonds is 5. The molecule has 0 bridgehead atoms. The number of nitrogens with zero attached hydrogens (tertiary/aromatic N) is 4. The smallest absolute Gasteiger partial charge is 0.370 e. The van der Waals surface area contributed by atoms with Gasteiger partial charge < -0.3 is 19.5 Å². The summed E-state index contributed by atoms with van der Waals surface area (Å²) in [5.41, 5.74) is -0.166. The summed E-state index contributed by atoms with van der Waals surface area (Å²) >= 11 is 0. The number of hydrogen-bond donors (Lipinski definition) is 1. The fourth-order valence-electron chi connectivity index (χ4n) is 3.17. The van der Waals surface area contributed by atoms with Crippen LogP contribution in [-0.4, -0.2) is 54.3 Å². The average Bonchev–Trinajstić information content (AvgIpc) is 3.13. The molecule has 0 radical (unpaired) electrons. The largest absolute Gasteiger partial charge is 0.416 e. The van der Waals surface area contributed by atoms with Gasteiger partial charge in [-0.15, -0.1) is 0 Å². The number of aliphatic imine (C=N–C) groups is 1. The van der Waals surface area contributed by atoms with Gasteiger partial charge in [0.2, 0.25) is 5.89 Å². The van der Waals surface area contributed by atoms with Crippen LogP contribution >= 0.6 is 0 Å². The Morgan fingerprint density at radius 2 is 2.21 bits per heavy atom. The van der Waals surface area contributed by atoms with Crippen LogP contribution < -0.4 is 5.32 Å². The number of alkyl halides is 3. The highest BCUT2D eigenvalue weighted by molar-refractivity contribution is 5.80. The van der Waals surface area contributed by atoms with Crippen LogP contribution in [0.5, 0.6) is 0 Å². The predicted octanol–water partition coefficient (Wildman–Crippen LogP) is 2.98. The van der Waals surface area contributed by atoms with Crippen molar-refractivity contribution in [2.24, 2.45) is 4.99 Å². The highest BCUT2D eigenvalue weighted by Crippen LogP contribution is 2.32. The molecule has 1 saturated heterocycles. The molecule has 1 aliphatic rings. The maximum absolute atomic E-state index is 13.0. The molecule has 1 N–H and O–H groups in total. The molecule has 0 aliphatic carbocycles. The van der Waals surface area contributed by atoms with Gasteiger partial charge in [-0.05, 0) is 31.0 Å². The van der Waals surface area contributed by atoms with Crippen molar-refractivity contribution in [3.63, 3.8) is 0 Å². The van der Waals surface area contributed by atoms with Crippen molar-refractivity contribution >= 4 is 5.96 Å². The third-order valence-corrected chi connectivity index (χ3v) is 4.58. The molecule has 7 nitrogen and oxygen atoms in total. The first-order chi connectivity index (χ1) is 13.9. The summed E-state index contributed by atoms with van der Waals surface area (Å²) in [5.74, 6) is 1.89. The third-order valence-electron chi connectivity index (χ3n) is 4.58. The fourth-order valence-corrected chi connectivity index (χ4v) is 3.17. The first-order valence-electron chi connectivity index (χ1n) is 9.40. The summed E-state index contributed by atoms with van der Waals surface area (Å²) in [6, 6.07) is 5.28. The first kappa shape index (κ1) is 21.1. The number of hydrogen-bond acceptors (Lipinski definition) is 5. The van der Waals surface area contributed by atoms with Gasteiger partial charge in [0, 0.05) is 26.6 Å². The Hall–Kier alpha value is -2.62. The Morgan fingerprint density at radius 3 is 2.90 bits per heavy atom. The van der Waals surface area contributed by atoms with Crippen molar-refractivity contribution < 1.29 is 22.4 Å². The van der Waals surface area contributed by atoms with Crippen molar-refractivity contribution in [1.29, 1.82) is 0 Å². The minimum atomic E-state index is -4.38. The normalized spacial score (nSPS) is 18.2. The number of guanidine groups is 1. The van der Waals surface area contributed by atoms with E-state index < -0.39 is 17.8 Å². The number of aryl methyl sites for hydroxylation is 2. The van der Waals surface area contributed by atoms with Gasteiger partial charge in [-0.2, -0.15) is 18.2 Å². The monoisotopic (exact) mass is 411 g/mol. The highest BCUT2D eigenvalue weighted by Gasteiger charge is 2.32. The minimum absolute atomic E-state index is 0.406. The molecule has 2 heterocycles. The zero-order valence-corrected chi connectivity index (χ0v) is 16.4. The van der Waals surface area contributed by atoms with E-state index in [2.05, 4.69) is 20.4 Å². The second kappa shape index (κ2) is 9.25. The predicted molar refractivity (Wildman–Crippen MR) is 100 cm³/mol. The number of benzene rings is 1. The fraction of sp³-hybridized carbons (Fsp3) is 0.526. The zero-order valence-electron chi connectivity index (χ0n) is 16.4. The average molecular weight is 411 g/mol. The van der Waals surface area contributed by atoms with Crippen LogP contribution in [0.3, 0.4) is 0 Å². The Kier molecular flexibility index (Phi) is 6.73. The summed E-state index contributed by atoms with van der Waals surface area (Å²) in [6.45, 7) is 3.86. The molecule has 0 spiro atoms. The summed E-state index contributed by atoms with van der Waals surface area (Å²) in [6.07, 6.45) is -3.40. The minimum Gasteiger partial charge on any atom is -0.370 e. The van der Waals surface area contributed by atoms with Crippen LogP contribution in [0.1, 0.15) is 35.4 Å². The molecule has 0 amide bonds. The van der Waals surface area contributed by atoms with Crippen molar-refractivity contribution in [3.05, 3.63) is 47.1 Å². The number of morpholine rings is 1. The Labute approximate surface area is 166 Å². The molecule has 10 heteroatoms. The molecule has 1 aromatic carbocycles. The van der Waals surface area contributed by atoms with E-state index in [1.165, 1.54) is 6.07 Å². The molecular weight excluding hydrogens is 387 g/mol. The maximum atomic E-state index is 13.0. The van der Waals surface area contributed by atoms with Crippen LogP contribution in [0.4, 0.5) is 13.2 Å². The highest BCUT2D eigenvalue weighted by atomic mass is 19.4. The van der Waals surface area contributed by atoms with E-state index in [0.29, 0.717) is 55.9 Å². The van der Waals surface area contributed by atoms with Gasteiger partial charge in [0.15, 0.2) is 11.8 Å². The molecule has 1 aromatic heterocycles. The number of halogens is 3. The van der Waals surface area contributed by atoms with Gasteiger partial charge in [-0.3, -0.25) is 4.99 Å². The van der Waals surface area contributed by atoms with E-state index in [1.54, 1.807) is 20.0 Å². The molecule has 0 saturated carbocycles. The lowest BCUT2D eigenvalue weighted by molar-refractivity contribution is -0.137. The van der Waals surface area contributed by atoms with Gasteiger partial charge in [0.05, 0.1) is 18.7 Å². The number of nitrogens with one attached hydrogen (secondary N) is 1. The first-order valence-corrected chi connectivity index (χ1v) is 9.40. The number of ether oxygens (including phenoxy) is 1. The lowest BCUT2D eigenvalue weighted by Gasteiger charge is -2.35. The summed E-state index contributed by atoms with van der Waals surface area (Å²) in [4.78, 5) is 10.4. The molecule has 1 atom stereocenters. The SMILES string of the molecule is CN=C(NCCCc1nc(C)no1)N1CCOC(c2cccc(C(F)(F)F)c2)C1. The van der Waals surface area contributed by atoms with Crippen LogP contribution in [0, 0.1) is 6.92 Å². The second-order valence-electron chi connectivity index (χ2n) is 6.74. The van der Waals surface area contributed by atoms with Gasteiger partial charge in [0.25, 0.3) is 0 Å². The van der Waals surface area contributed by atoms with Crippen LogP contribution in [0.15, 0.2) is 33.8 Å². The van der Waals surface area contributed by atoms with E-state index in [9.17, 15) is 13.2 Å². The molecule has 1 unspecified atom stereocenters. The summed E-state index contributed by atoms with van der Waals surface area (Å²) in [5, 5.41) is 7.03. The molecule has 2 aromatic rings. The number of aromatic nitrogens is 2. The van der Waals surface area contributed by atoms with Gasteiger partial charge in [0.1, 0.15) is 6.10 Å². The van der Waals surface area contributed by atoms with Gasteiger partial charge in [-0.1, -0.05) is 17.3 Å². The topological polar surface area (TPSA) is 75.8 Å². The van der Waals surface area contributed by atoms with Crippen LogP contribution in [0.2, 0.25) is 0 Å². The Balaban J connectivity index is 1.56. The zero-order chi connectivity index (χ0) is 20.9. The Bertz CT molecular complexity index is 837. The lowest BCUT2D eigenvalue weighted by atomic mass is 10.0. The van der Waals surface area contributed by atoms with Crippen LogP contribution in [0.25, 0.3) is 0 Å². The third kappa shape index (κ3) is 5.69. The van der Waals surface area contributed by atoms with E-state index in [1.807, 2.05) is 4.90 Å². The maximum Gasteiger partial charge on any atom is 0.416 e. The standard InChI is InChI=1S/C19H24F3N5O2/c1-13-25-17(29-26-13)7-4-8-24-18(23-2)27-9-10-28-16(12-27)14-5-3-6-15(11-14)19(20,21)22/h3,5-6,11,16H,4,7-10,12H2,1-2H3,(H,23,24). The molecule has 158 valence electrons. The van der Waals surface area contributed by atoms with Crippen molar-refractivity contribution in [2.75, 3.05) is 33.3 Å². The van der Waals surface area contributed by atoms with Gasteiger partial charge >= 0.3 is 6.18 Å². The van der Waals surface area contributed by atoms with Crippen molar-refractivity contribution in [2.45, 2.75) is 32.0 Å². The lowest BCUT2D eigenvalue weighted by Crippen LogP contribution is -2.48. The molecule has 1 fully saturated rings. The van der Waals surface area contributed by atoms with Crippen LogP contribution in [-0.2, 0) is 17.3 Å². The molecular formula is C19H24F3N5O2. The summed E-state index contributed by atoms with van der Waals surface area (Å²) < 4.78 is 49.8. The van der Waals surface area contributed by atoms with Crippen molar-refractivity contribution in [3.8, 4) is 0 Å². The van der Waals surface area contributed by atoms with E-state index in [0.717, 1.165) is 18.6 Å². The quantitative estimate of drug-likeness (QED) is 0.463. The van der Waals surface area contributed by atoms with Gasteiger partial charge in [-0.25, -0.2) is 0 Å². The van der Waals surface area contributed by atoms with E-state index >= 15 is 0 Å².